The summed E-state index contributed by atoms with van der Waals surface area (Å²) in [5.74, 6) is 0.565. The van der Waals surface area contributed by atoms with Crippen molar-refractivity contribution in [1.29, 1.82) is 0 Å². The van der Waals surface area contributed by atoms with Crippen molar-refractivity contribution in [2.75, 3.05) is 0 Å². The Hall–Kier alpha value is -3.48. The maximum absolute atomic E-state index is 6.71. The van der Waals surface area contributed by atoms with Gasteiger partial charge >= 0.3 is 0 Å². The van der Waals surface area contributed by atoms with E-state index in [0.29, 0.717) is 15.9 Å². The quantitative estimate of drug-likeness (QED) is 0.252. The predicted octanol–water partition coefficient (Wildman–Crippen LogP) is 6.95. The summed E-state index contributed by atoms with van der Waals surface area (Å²) < 4.78 is 0. The first-order valence-electron chi connectivity index (χ1n) is 11.6. The second-order valence-corrected chi connectivity index (χ2v) is 9.05. The van der Waals surface area contributed by atoms with Crippen molar-refractivity contribution in [1.82, 2.24) is 30.6 Å². The molecule has 8 heteroatoms. The van der Waals surface area contributed by atoms with Crippen LogP contribution in [0, 0.1) is 0 Å². The number of hydrogen-bond donors (Lipinski definition) is 2. The zero-order chi connectivity index (χ0) is 24.4. The summed E-state index contributed by atoms with van der Waals surface area (Å²) >= 11 is 13.4. The van der Waals surface area contributed by atoms with Gasteiger partial charge in [0.25, 0.3) is 0 Å². The molecule has 0 atom stereocenters. The lowest BCUT2D eigenvalue weighted by molar-refractivity contribution is 0.881. The van der Waals surface area contributed by atoms with Crippen molar-refractivity contribution in [2.24, 2.45) is 0 Å². The van der Waals surface area contributed by atoms with E-state index in [1.807, 2.05) is 38.2 Å². The lowest BCUT2D eigenvalue weighted by Crippen LogP contribution is -1.99. The molecule has 0 fully saturated rings. The zero-order valence-electron chi connectivity index (χ0n) is 19.4. The third-order valence-corrected chi connectivity index (χ3v) is 6.88. The van der Waals surface area contributed by atoms with Gasteiger partial charge in [0.15, 0.2) is 0 Å². The number of tetrazole rings is 1. The Balaban J connectivity index is 1.51. The number of nitrogens with one attached hydrogen (secondary N) is 2. The molecule has 3 heterocycles. The van der Waals surface area contributed by atoms with Crippen LogP contribution < -0.4 is 0 Å². The minimum absolute atomic E-state index is 0.565. The van der Waals surface area contributed by atoms with E-state index < -0.39 is 0 Å². The Morgan fingerprint density at radius 1 is 0.829 bits per heavy atom. The van der Waals surface area contributed by atoms with Gasteiger partial charge in [-0.1, -0.05) is 79.5 Å². The summed E-state index contributed by atoms with van der Waals surface area (Å²) in [7, 11) is 0. The van der Waals surface area contributed by atoms with Crippen LogP contribution >= 0.6 is 23.2 Å². The number of benzene rings is 2. The van der Waals surface area contributed by atoms with Crippen LogP contribution in [0.3, 0.4) is 0 Å². The smallest absolute Gasteiger partial charge is 0.205 e. The van der Waals surface area contributed by atoms with Crippen molar-refractivity contribution in [3.8, 4) is 33.8 Å². The van der Waals surface area contributed by atoms with Crippen molar-refractivity contribution in [3.05, 3.63) is 93.4 Å². The normalized spacial score (nSPS) is 11.2. The number of rotatable bonds is 7. The summed E-state index contributed by atoms with van der Waals surface area (Å²) in [6.45, 7) is 4.10. The fraction of sp³-hybridized carbons (Fsp3) is 0.185. The van der Waals surface area contributed by atoms with Gasteiger partial charge in [-0.15, -0.1) is 10.2 Å². The lowest BCUT2D eigenvalue weighted by Gasteiger charge is -2.12. The van der Waals surface area contributed by atoms with Crippen molar-refractivity contribution in [2.45, 2.75) is 33.1 Å². The number of aromatic amines is 2. The molecule has 0 radical (unpaired) electrons. The average Bonchev–Trinajstić information content (AvgIpc) is 3.58. The maximum Gasteiger partial charge on any atom is 0.205 e. The third-order valence-electron chi connectivity index (χ3n) is 6.06. The SMILES string of the molecule is CCc1nc(CC)c(Cl)c(-c2cc(Cc3ccc(-c4ccccc4)c(-c4nn[nH]n4)c3)c[nH]2)c1Cl. The van der Waals surface area contributed by atoms with Crippen molar-refractivity contribution < 1.29 is 0 Å². The highest BCUT2D eigenvalue weighted by molar-refractivity contribution is 6.39. The van der Waals surface area contributed by atoms with Gasteiger partial charge in [0.05, 0.1) is 21.4 Å². The first-order chi connectivity index (χ1) is 17.1. The zero-order valence-corrected chi connectivity index (χ0v) is 21.0. The molecule has 0 saturated carbocycles. The number of halogens is 2. The molecule has 0 unspecified atom stereocenters. The van der Waals surface area contributed by atoms with Crippen LogP contribution in [-0.4, -0.2) is 30.6 Å². The van der Waals surface area contributed by atoms with Crippen LogP contribution in [0.5, 0.6) is 0 Å². The molecule has 2 aromatic carbocycles. The van der Waals surface area contributed by atoms with Crippen LogP contribution in [0.4, 0.5) is 0 Å². The molecule has 2 N–H and O–H groups in total. The Morgan fingerprint density at radius 3 is 2.23 bits per heavy atom. The van der Waals surface area contributed by atoms with E-state index in [4.69, 9.17) is 23.2 Å². The van der Waals surface area contributed by atoms with Gasteiger partial charge in [0.2, 0.25) is 5.82 Å². The molecular formula is C27H24Cl2N6. The van der Waals surface area contributed by atoms with E-state index in [-0.39, 0.29) is 0 Å². The number of pyridine rings is 1. The topological polar surface area (TPSA) is 83.1 Å². The number of H-pyrrole nitrogens is 2. The van der Waals surface area contributed by atoms with Crippen LogP contribution in [0.1, 0.15) is 36.4 Å². The molecule has 6 nitrogen and oxygen atoms in total. The Bertz CT molecular complexity index is 1430. The van der Waals surface area contributed by atoms with Gasteiger partial charge < -0.3 is 4.98 Å². The lowest BCUT2D eigenvalue weighted by atomic mass is 9.95. The number of hydrogen-bond acceptors (Lipinski definition) is 4. The molecule has 176 valence electrons. The highest BCUT2D eigenvalue weighted by Crippen LogP contribution is 2.38. The molecule has 0 saturated heterocycles. The van der Waals surface area contributed by atoms with Crippen LogP contribution in [0.2, 0.25) is 10.0 Å². The number of aromatic nitrogens is 6. The second kappa shape index (κ2) is 10.0. The summed E-state index contributed by atoms with van der Waals surface area (Å²) in [4.78, 5) is 8.01. The van der Waals surface area contributed by atoms with E-state index in [1.54, 1.807) is 0 Å². The van der Waals surface area contributed by atoms with Crippen LogP contribution in [-0.2, 0) is 19.3 Å². The third kappa shape index (κ3) is 4.59. The molecule has 0 aliphatic rings. The van der Waals surface area contributed by atoms with Gasteiger partial charge in [-0.05, 0) is 58.9 Å². The minimum atomic E-state index is 0.565. The van der Waals surface area contributed by atoms with Gasteiger partial charge in [0.1, 0.15) is 0 Å². The van der Waals surface area contributed by atoms with Gasteiger partial charge in [-0.25, -0.2) is 0 Å². The van der Waals surface area contributed by atoms with Crippen LogP contribution in [0.15, 0.2) is 60.8 Å². The summed E-state index contributed by atoms with van der Waals surface area (Å²) in [5.41, 5.74) is 8.76. The largest absolute Gasteiger partial charge is 0.361 e. The Kier molecular flexibility index (Phi) is 6.66. The molecule has 0 aliphatic carbocycles. The maximum atomic E-state index is 6.71. The van der Waals surface area contributed by atoms with Crippen molar-refractivity contribution >= 4 is 23.2 Å². The van der Waals surface area contributed by atoms with E-state index >= 15 is 0 Å². The average molecular weight is 503 g/mol. The van der Waals surface area contributed by atoms with E-state index in [1.165, 1.54) is 0 Å². The monoisotopic (exact) mass is 502 g/mol. The van der Waals surface area contributed by atoms with Gasteiger partial charge in [0, 0.05) is 23.0 Å². The molecule has 5 aromatic rings. The molecule has 0 spiro atoms. The van der Waals surface area contributed by atoms with Gasteiger partial charge in [-0.2, -0.15) is 5.21 Å². The summed E-state index contributed by atoms with van der Waals surface area (Å²) in [5, 5.41) is 16.0. The van der Waals surface area contributed by atoms with E-state index in [2.05, 4.69) is 67.0 Å². The summed E-state index contributed by atoms with van der Waals surface area (Å²) in [6, 6.07) is 18.7. The molecule has 0 aliphatic heterocycles. The predicted molar refractivity (Wildman–Crippen MR) is 141 cm³/mol. The molecule has 35 heavy (non-hydrogen) atoms. The molecule has 0 amide bonds. The Morgan fingerprint density at radius 2 is 1.57 bits per heavy atom. The summed E-state index contributed by atoms with van der Waals surface area (Å²) in [6.07, 6.45) is 4.21. The van der Waals surface area contributed by atoms with Crippen LogP contribution in [0.25, 0.3) is 33.8 Å². The fourth-order valence-corrected chi connectivity index (χ4v) is 5.10. The molecular weight excluding hydrogens is 479 g/mol. The van der Waals surface area contributed by atoms with Gasteiger partial charge in [-0.3, -0.25) is 4.98 Å². The Labute approximate surface area is 213 Å². The highest BCUT2D eigenvalue weighted by atomic mass is 35.5. The number of aryl methyl sites for hydroxylation is 2. The first-order valence-corrected chi connectivity index (χ1v) is 12.3. The number of nitrogens with zero attached hydrogens (tertiary/aromatic N) is 4. The molecule has 3 aromatic heterocycles. The molecule has 5 rings (SSSR count). The standard InChI is InChI=1S/C27H24Cl2N6/c1-3-21-25(28)24(26(29)22(4-2)31-21)23-14-17(15-30-23)12-16-10-11-19(18-8-6-5-7-9-18)20(13-16)27-32-34-35-33-27/h5-11,13-15,30H,3-4,12H2,1-2H3,(H,32,33,34,35). The second-order valence-electron chi connectivity index (χ2n) is 8.30. The first kappa shape index (κ1) is 23.3. The minimum Gasteiger partial charge on any atom is -0.361 e. The molecule has 0 bridgehead atoms. The highest BCUT2D eigenvalue weighted by Gasteiger charge is 2.19. The fourth-order valence-electron chi connectivity index (χ4n) is 4.30. The van der Waals surface area contributed by atoms with E-state index in [9.17, 15) is 0 Å². The van der Waals surface area contributed by atoms with E-state index in [0.717, 1.165) is 69.7 Å². The van der Waals surface area contributed by atoms with Crippen molar-refractivity contribution in [3.63, 3.8) is 0 Å².